The molecule has 3 heterocycles. The summed E-state index contributed by atoms with van der Waals surface area (Å²) in [7, 11) is -4.27. The maximum absolute atomic E-state index is 13.0. The first-order chi connectivity index (χ1) is 21.3. The molecule has 0 bridgehead atoms. The summed E-state index contributed by atoms with van der Waals surface area (Å²) in [5.74, 6) is -3.16. The number of esters is 2. The first kappa shape index (κ1) is 37.8. The van der Waals surface area contributed by atoms with Gasteiger partial charge in [0.05, 0.1) is 32.3 Å². The summed E-state index contributed by atoms with van der Waals surface area (Å²) in [6.45, 7) is 29.8. The van der Waals surface area contributed by atoms with Gasteiger partial charge in [-0.25, -0.2) is 9.97 Å². The number of carbonyl (C=O) groups excluding carboxylic acids is 2. The zero-order chi connectivity index (χ0) is 34.7. The Balaban J connectivity index is 2.10. The predicted octanol–water partition coefficient (Wildman–Crippen LogP) is 6.30. The maximum atomic E-state index is 13.0. The van der Waals surface area contributed by atoms with Crippen LogP contribution in [0.1, 0.15) is 79.8 Å². The van der Waals surface area contributed by atoms with Gasteiger partial charge in [0.25, 0.3) is 0 Å². The van der Waals surface area contributed by atoms with Gasteiger partial charge in [0, 0.05) is 6.42 Å². The third-order valence-corrected chi connectivity index (χ3v) is 18.2. The molecule has 0 N–H and O–H groups in total. The summed E-state index contributed by atoms with van der Waals surface area (Å²) in [4.78, 5) is 39.7. The average Bonchev–Trinajstić information content (AvgIpc) is 3.53. The van der Waals surface area contributed by atoms with Crippen LogP contribution in [-0.4, -0.2) is 86.7 Å². The monoisotopic (exact) mass is 678 g/mol. The molecule has 3 atom stereocenters. The standard InChI is InChI=1S/C32H54N4O8Si2/c1-14-17-41-28-25-27(34-26(35-28)24(29(37)39-15-2)30(38)40-16-3)36(20-33-25)23-18-21(44-46(12,13)32(7,8)9)22(43-23)19-42-45(10,11)31(4,5)6/h14,20-24H,1,15-19H2,2-13H3/t21-,22+,23+/m0/s1. The molecule has 0 amide bonds. The molecule has 46 heavy (non-hydrogen) atoms. The maximum Gasteiger partial charge on any atom is 0.328 e. The zero-order valence-electron chi connectivity index (χ0n) is 29.8. The molecule has 1 fully saturated rings. The van der Waals surface area contributed by atoms with E-state index in [1.165, 1.54) is 0 Å². The van der Waals surface area contributed by atoms with Crippen molar-refractivity contribution in [3.05, 3.63) is 24.8 Å². The lowest BCUT2D eigenvalue weighted by Gasteiger charge is -2.40. The van der Waals surface area contributed by atoms with Gasteiger partial charge in [-0.2, -0.15) is 4.98 Å². The van der Waals surface area contributed by atoms with E-state index in [1.807, 2.05) is 0 Å². The summed E-state index contributed by atoms with van der Waals surface area (Å²) in [5.41, 5.74) is 0.688. The Bertz CT molecular complexity index is 1360. The van der Waals surface area contributed by atoms with Crippen LogP contribution in [0.15, 0.2) is 19.0 Å². The Labute approximate surface area is 275 Å². The van der Waals surface area contributed by atoms with E-state index in [0.29, 0.717) is 24.2 Å². The molecule has 14 heteroatoms. The lowest BCUT2D eigenvalue weighted by molar-refractivity contribution is -0.157. The topological polar surface area (TPSA) is 133 Å². The van der Waals surface area contributed by atoms with Gasteiger partial charge in [-0.3, -0.25) is 14.2 Å². The van der Waals surface area contributed by atoms with Gasteiger partial charge in [0.1, 0.15) is 18.9 Å². The SMILES string of the molecule is C=CCOc1nc(C(C(=O)OCC)C(=O)OCC)nc2c1ncn2[C@H]1C[C@H](O[Si](C)(C)C(C)(C)C)[C@@H](CO[Si](C)(C)C(C)(C)C)O1. The Morgan fingerprint density at radius 1 is 1.02 bits per heavy atom. The van der Waals surface area contributed by atoms with Crippen LogP contribution < -0.4 is 4.74 Å². The lowest BCUT2D eigenvalue weighted by Crippen LogP contribution is -2.48. The molecule has 0 radical (unpaired) electrons. The first-order valence-electron chi connectivity index (χ1n) is 16.1. The molecule has 2 aromatic heterocycles. The molecular weight excluding hydrogens is 625 g/mol. The van der Waals surface area contributed by atoms with E-state index in [0.717, 1.165) is 0 Å². The second kappa shape index (κ2) is 14.6. The van der Waals surface area contributed by atoms with E-state index in [4.69, 9.17) is 27.8 Å². The van der Waals surface area contributed by atoms with Crippen LogP contribution in [0, 0.1) is 0 Å². The van der Waals surface area contributed by atoms with Crippen molar-refractivity contribution < 1.29 is 37.4 Å². The van der Waals surface area contributed by atoms with Crippen LogP contribution in [0.3, 0.4) is 0 Å². The highest BCUT2D eigenvalue weighted by molar-refractivity contribution is 6.74. The molecule has 0 unspecified atom stereocenters. The van der Waals surface area contributed by atoms with E-state index in [1.54, 1.807) is 30.8 Å². The highest BCUT2D eigenvalue weighted by atomic mass is 28.4. The number of ether oxygens (including phenoxy) is 4. The number of imidazole rings is 1. The fourth-order valence-electron chi connectivity index (χ4n) is 4.45. The molecule has 0 aliphatic carbocycles. The van der Waals surface area contributed by atoms with Crippen LogP contribution >= 0.6 is 0 Å². The van der Waals surface area contributed by atoms with Crippen molar-refractivity contribution in [1.82, 2.24) is 19.5 Å². The molecule has 0 saturated carbocycles. The average molecular weight is 679 g/mol. The van der Waals surface area contributed by atoms with Crippen molar-refractivity contribution in [2.75, 3.05) is 26.4 Å². The summed E-state index contributed by atoms with van der Waals surface area (Å²) in [6.07, 6.45) is 2.60. The predicted molar refractivity (Wildman–Crippen MR) is 181 cm³/mol. The van der Waals surface area contributed by atoms with Gasteiger partial charge in [-0.15, -0.1) is 0 Å². The van der Waals surface area contributed by atoms with Crippen LogP contribution in [0.25, 0.3) is 11.2 Å². The van der Waals surface area contributed by atoms with Crippen molar-refractivity contribution in [1.29, 1.82) is 0 Å². The highest BCUT2D eigenvalue weighted by Gasteiger charge is 2.47. The summed E-state index contributed by atoms with van der Waals surface area (Å²) >= 11 is 0. The minimum atomic E-state index is -2.19. The van der Waals surface area contributed by atoms with E-state index < -0.39 is 40.7 Å². The Morgan fingerprint density at radius 2 is 1.61 bits per heavy atom. The Morgan fingerprint density at radius 3 is 2.13 bits per heavy atom. The second-order valence-corrected chi connectivity index (χ2v) is 24.2. The van der Waals surface area contributed by atoms with E-state index in [9.17, 15) is 9.59 Å². The lowest BCUT2D eigenvalue weighted by atomic mass is 10.1. The first-order valence-corrected chi connectivity index (χ1v) is 21.9. The number of aromatic nitrogens is 4. The second-order valence-electron chi connectivity index (χ2n) is 14.6. The molecule has 2 aromatic rings. The molecule has 258 valence electrons. The summed E-state index contributed by atoms with van der Waals surface area (Å²) < 4.78 is 38.3. The number of hydrogen-bond donors (Lipinski definition) is 0. The molecular formula is C32H54N4O8Si2. The van der Waals surface area contributed by atoms with Gasteiger partial charge in [0.2, 0.25) is 11.8 Å². The number of hydrogen-bond acceptors (Lipinski definition) is 11. The molecule has 3 rings (SSSR count). The highest BCUT2D eigenvalue weighted by Crippen LogP contribution is 2.43. The largest absolute Gasteiger partial charge is 0.472 e. The molecule has 1 aliphatic rings. The third kappa shape index (κ3) is 8.43. The molecule has 0 spiro atoms. The van der Waals surface area contributed by atoms with Crippen molar-refractivity contribution in [2.24, 2.45) is 0 Å². The zero-order valence-corrected chi connectivity index (χ0v) is 31.8. The van der Waals surface area contributed by atoms with Gasteiger partial charge in [0.15, 0.2) is 33.6 Å². The number of nitrogens with zero attached hydrogens (tertiary/aromatic N) is 4. The Hall–Kier alpha value is -2.66. The van der Waals surface area contributed by atoms with Crippen molar-refractivity contribution >= 4 is 39.7 Å². The third-order valence-electron chi connectivity index (χ3n) is 9.20. The van der Waals surface area contributed by atoms with Crippen molar-refractivity contribution in [3.8, 4) is 5.88 Å². The van der Waals surface area contributed by atoms with Crippen LogP contribution in [-0.2, 0) is 32.7 Å². The van der Waals surface area contributed by atoms with Gasteiger partial charge in [-0.05, 0) is 50.1 Å². The Kier molecular flexibility index (Phi) is 12.0. The smallest absolute Gasteiger partial charge is 0.328 e. The summed E-state index contributed by atoms with van der Waals surface area (Å²) in [5, 5.41) is 0.0250. The minimum absolute atomic E-state index is 0.00759. The van der Waals surface area contributed by atoms with Crippen molar-refractivity contribution in [2.45, 2.75) is 122 Å². The molecule has 1 saturated heterocycles. The fourth-order valence-corrected chi connectivity index (χ4v) is 6.82. The van der Waals surface area contributed by atoms with Crippen molar-refractivity contribution in [3.63, 3.8) is 0 Å². The van der Waals surface area contributed by atoms with Gasteiger partial charge >= 0.3 is 11.9 Å². The van der Waals surface area contributed by atoms with Gasteiger partial charge in [-0.1, -0.05) is 54.2 Å². The van der Waals surface area contributed by atoms with E-state index in [2.05, 4.69) is 89.3 Å². The van der Waals surface area contributed by atoms with Crippen LogP contribution in [0.2, 0.25) is 36.3 Å². The minimum Gasteiger partial charge on any atom is -0.472 e. The number of fused-ring (bicyclic) bond motifs is 1. The number of rotatable bonds is 14. The van der Waals surface area contributed by atoms with E-state index in [-0.39, 0.29) is 53.8 Å². The van der Waals surface area contributed by atoms with Gasteiger partial charge < -0.3 is 27.8 Å². The molecule has 1 aliphatic heterocycles. The number of carbonyl (C=O) groups is 2. The van der Waals surface area contributed by atoms with Crippen LogP contribution in [0.5, 0.6) is 5.88 Å². The quantitative estimate of drug-likeness (QED) is 0.0965. The molecule has 0 aromatic carbocycles. The molecule has 12 nitrogen and oxygen atoms in total. The van der Waals surface area contributed by atoms with Crippen LogP contribution in [0.4, 0.5) is 0 Å². The fraction of sp³-hybridized carbons (Fsp3) is 0.719. The normalized spacial score (nSPS) is 19.5. The van der Waals surface area contributed by atoms with E-state index >= 15 is 0 Å². The summed E-state index contributed by atoms with van der Waals surface area (Å²) in [6, 6.07) is 0.